The summed E-state index contributed by atoms with van der Waals surface area (Å²) >= 11 is 0. The van der Waals surface area contributed by atoms with Gasteiger partial charge >= 0.3 is 0 Å². The standard InChI is InChI=1S/C11H21O/c1-6-12-11(5)8-10(4)7-9(2)3/h7-10H,6H2,1-5H3/q-1/b11-8-. The number of allylic oxidation sites excluding steroid dienone is 2. The molecule has 1 atom stereocenters. The van der Waals surface area contributed by atoms with E-state index in [0.717, 1.165) is 12.4 Å². The van der Waals surface area contributed by atoms with Gasteiger partial charge in [0.15, 0.2) is 0 Å². The van der Waals surface area contributed by atoms with E-state index in [4.69, 9.17) is 4.74 Å². The van der Waals surface area contributed by atoms with Crippen LogP contribution in [-0.4, -0.2) is 6.61 Å². The first kappa shape index (κ1) is 11.5. The molecule has 0 aromatic heterocycles. The Labute approximate surface area is 76.8 Å². The maximum Gasteiger partial charge on any atom is 0.0865 e. The van der Waals surface area contributed by atoms with E-state index in [1.165, 1.54) is 0 Å². The van der Waals surface area contributed by atoms with E-state index in [9.17, 15) is 0 Å². The number of ether oxygens (including phenoxy) is 1. The van der Waals surface area contributed by atoms with E-state index < -0.39 is 0 Å². The molecule has 0 radical (unpaired) electrons. The molecular formula is C11H21O-. The smallest absolute Gasteiger partial charge is 0.0865 e. The molecule has 0 aliphatic carbocycles. The van der Waals surface area contributed by atoms with Gasteiger partial charge in [0.2, 0.25) is 0 Å². The molecule has 72 valence electrons. The zero-order valence-corrected chi connectivity index (χ0v) is 8.92. The largest absolute Gasteiger partial charge is 0.499 e. The van der Waals surface area contributed by atoms with Crippen molar-refractivity contribution in [2.24, 2.45) is 11.8 Å². The van der Waals surface area contributed by atoms with Crippen LogP contribution in [0.5, 0.6) is 0 Å². The van der Waals surface area contributed by atoms with Gasteiger partial charge in [-0.3, -0.25) is 0 Å². The van der Waals surface area contributed by atoms with Crippen LogP contribution in [0.1, 0.15) is 34.6 Å². The van der Waals surface area contributed by atoms with Crippen molar-refractivity contribution in [3.8, 4) is 0 Å². The second kappa shape index (κ2) is 6.10. The Morgan fingerprint density at radius 3 is 2.42 bits per heavy atom. The van der Waals surface area contributed by atoms with Crippen molar-refractivity contribution in [2.75, 3.05) is 6.61 Å². The lowest BCUT2D eigenvalue weighted by molar-refractivity contribution is 0.229. The second-order valence-corrected chi connectivity index (χ2v) is 3.51. The Bertz CT molecular complexity index is 136. The topological polar surface area (TPSA) is 9.23 Å². The minimum absolute atomic E-state index is 0.511. The molecule has 0 bridgehead atoms. The normalized spacial score (nSPS) is 15.0. The maximum atomic E-state index is 5.34. The fraction of sp³-hybridized carbons (Fsp3) is 0.727. The summed E-state index contributed by atoms with van der Waals surface area (Å²) in [5, 5.41) is 0. The summed E-state index contributed by atoms with van der Waals surface area (Å²) in [6.07, 6.45) is 4.46. The highest BCUT2D eigenvalue weighted by Gasteiger charge is 1.92. The van der Waals surface area contributed by atoms with Crippen molar-refractivity contribution >= 4 is 0 Å². The summed E-state index contributed by atoms with van der Waals surface area (Å²) in [6, 6.07) is 0. The molecule has 0 fully saturated rings. The second-order valence-electron chi connectivity index (χ2n) is 3.51. The number of hydrogen-bond donors (Lipinski definition) is 0. The van der Waals surface area contributed by atoms with Crippen LogP contribution in [0.25, 0.3) is 0 Å². The molecule has 0 saturated carbocycles. The van der Waals surface area contributed by atoms with Gasteiger partial charge in [0.1, 0.15) is 0 Å². The first-order chi connectivity index (χ1) is 5.56. The van der Waals surface area contributed by atoms with Crippen LogP contribution in [-0.2, 0) is 4.74 Å². The lowest BCUT2D eigenvalue weighted by Crippen LogP contribution is -1.99. The summed E-state index contributed by atoms with van der Waals surface area (Å²) in [4.78, 5) is 0. The van der Waals surface area contributed by atoms with Crippen LogP contribution in [0.4, 0.5) is 0 Å². The van der Waals surface area contributed by atoms with Crippen LogP contribution in [0.15, 0.2) is 11.8 Å². The molecule has 1 nitrogen and oxygen atoms in total. The lowest BCUT2D eigenvalue weighted by Gasteiger charge is -2.22. The highest BCUT2D eigenvalue weighted by atomic mass is 16.5. The van der Waals surface area contributed by atoms with Crippen molar-refractivity contribution in [1.82, 2.24) is 0 Å². The van der Waals surface area contributed by atoms with Crippen molar-refractivity contribution in [3.63, 3.8) is 0 Å². The van der Waals surface area contributed by atoms with Crippen molar-refractivity contribution < 1.29 is 4.74 Å². The van der Waals surface area contributed by atoms with E-state index in [2.05, 4.69) is 33.3 Å². The molecule has 0 amide bonds. The average Bonchev–Trinajstić information content (AvgIpc) is 1.84. The third-order valence-corrected chi connectivity index (χ3v) is 1.56. The Morgan fingerprint density at radius 2 is 2.00 bits per heavy atom. The van der Waals surface area contributed by atoms with Gasteiger partial charge in [0.25, 0.3) is 0 Å². The summed E-state index contributed by atoms with van der Waals surface area (Å²) < 4.78 is 5.34. The molecule has 0 heterocycles. The zero-order chi connectivity index (χ0) is 9.56. The Kier molecular flexibility index (Phi) is 5.87. The first-order valence-electron chi connectivity index (χ1n) is 4.72. The molecule has 1 heteroatoms. The van der Waals surface area contributed by atoms with Crippen molar-refractivity contribution in [3.05, 3.63) is 18.3 Å². The molecule has 0 aromatic carbocycles. The fourth-order valence-corrected chi connectivity index (χ4v) is 1.31. The summed E-state index contributed by atoms with van der Waals surface area (Å²) in [6.45, 7) is 11.3. The maximum absolute atomic E-state index is 5.34. The zero-order valence-electron chi connectivity index (χ0n) is 8.92. The van der Waals surface area contributed by atoms with Crippen molar-refractivity contribution in [2.45, 2.75) is 34.6 Å². The average molecular weight is 169 g/mol. The monoisotopic (exact) mass is 169 g/mol. The lowest BCUT2D eigenvalue weighted by atomic mass is 9.98. The molecule has 1 unspecified atom stereocenters. The minimum atomic E-state index is 0.511. The van der Waals surface area contributed by atoms with Crippen LogP contribution >= 0.6 is 0 Å². The molecule has 0 spiro atoms. The van der Waals surface area contributed by atoms with E-state index in [1.807, 2.05) is 13.8 Å². The molecule has 0 aliphatic heterocycles. The van der Waals surface area contributed by atoms with E-state index in [-0.39, 0.29) is 0 Å². The predicted molar refractivity (Wildman–Crippen MR) is 53.7 cm³/mol. The number of hydrogen-bond acceptors (Lipinski definition) is 1. The van der Waals surface area contributed by atoms with Gasteiger partial charge in [-0.15, -0.1) is 5.92 Å². The highest BCUT2D eigenvalue weighted by Crippen LogP contribution is 2.12. The van der Waals surface area contributed by atoms with Gasteiger partial charge in [-0.2, -0.15) is 5.92 Å². The summed E-state index contributed by atoms with van der Waals surface area (Å²) in [5.41, 5.74) is 0. The molecule has 12 heavy (non-hydrogen) atoms. The first-order valence-corrected chi connectivity index (χ1v) is 4.72. The molecule has 0 saturated heterocycles. The Hall–Kier alpha value is -0.460. The van der Waals surface area contributed by atoms with Gasteiger partial charge in [-0.1, -0.05) is 26.8 Å². The molecular weight excluding hydrogens is 148 g/mol. The third kappa shape index (κ3) is 6.26. The van der Waals surface area contributed by atoms with Gasteiger partial charge in [-0.05, 0) is 13.8 Å². The summed E-state index contributed by atoms with van der Waals surface area (Å²) in [7, 11) is 0. The van der Waals surface area contributed by atoms with E-state index >= 15 is 0 Å². The summed E-state index contributed by atoms with van der Waals surface area (Å²) in [5.74, 6) is 2.18. The SMILES string of the molecule is CCO/C(C)=C\C(C)[CH-]C(C)C. The van der Waals surface area contributed by atoms with E-state index in [1.54, 1.807) is 0 Å². The van der Waals surface area contributed by atoms with E-state index in [0.29, 0.717) is 11.8 Å². The van der Waals surface area contributed by atoms with Gasteiger partial charge in [0, 0.05) is 0 Å². The molecule has 0 aromatic rings. The predicted octanol–water partition coefficient (Wildman–Crippen LogP) is 3.42. The molecule has 0 rings (SSSR count). The van der Waals surface area contributed by atoms with Crippen LogP contribution in [0, 0.1) is 18.3 Å². The molecule has 0 aliphatic rings. The number of rotatable bonds is 5. The fourth-order valence-electron chi connectivity index (χ4n) is 1.31. The minimum Gasteiger partial charge on any atom is -0.499 e. The third-order valence-electron chi connectivity index (χ3n) is 1.56. The van der Waals surface area contributed by atoms with Gasteiger partial charge < -0.3 is 11.2 Å². The Balaban J connectivity index is 3.78. The highest BCUT2D eigenvalue weighted by molar-refractivity contribution is 4.98. The van der Waals surface area contributed by atoms with Gasteiger partial charge in [0.05, 0.1) is 12.4 Å². The van der Waals surface area contributed by atoms with Crippen LogP contribution in [0.3, 0.4) is 0 Å². The quantitative estimate of drug-likeness (QED) is 0.452. The Morgan fingerprint density at radius 1 is 1.42 bits per heavy atom. The van der Waals surface area contributed by atoms with Crippen LogP contribution < -0.4 is 0 Å². The van der Waals surface area contributed by atoms with Crippen LogP contribution in [0.2, 0.25) is 0 Å². The van der Waals surface area contributed by atoms with Crippen molar-refractivity contribution in [1.29, 1.82) is 0 Å². The molecule has 0 N–H and O–H groups in total. The van der Waals surface area contributed by atoms with Gasteiger partial charge in [-0.25, -0.2) is 0 Å².